The third-order valence-electron chi connectivity index (χ3n) is 8.97. The minimum atomic E-state index is -2.13. The number of quaternary nitrogens is 2. The first-order valence-corrected chi connectivity index (χ1v) is 22.0. The molecule has 47 nitrogen and oxygen atoms in total. The van der Waals surface area contributed by atoms with Crippen LogP contribution in [0.2, 0.25) is 0 Å². The summed E-state index contributed by atoms with van der Waals surface area (Å²) in [5.74, 6) is -33.1. The molecule has 88 heavy (non-hydrogen) atoms. The topological polar surface area (TPSA) is 893 Å². The first-order chi connectivity index (χ1) is 38.8. The fraction of sp³-hybridized carbons (Fsp3) is 0.500. The van der Waals surface area contributed by atoms with Gasteiger partial charge in [-0.05, 0) is 32.1 Å². The van der Waals surface area contributed by atoms with Gasteiger partial charge in [-0.2, -0.15) is 0 Å². The second kappa shape index (κ2) is 49.0. The van der Waals surface area contributed by atoms with Gasteiger partial charge in [0.1, 0.15) is 0 Å². The van der Waals surface area contributed by atoms with E-state index in [9.17, 15) is 121 Å². The predicted molar refractivity (Wildman–Crippen MR) is 251 cm³/mol. The molecule has 0 unspecified atom stereocenters. The van der Waals surface area contributed by atoms with E-state index in [0.717, 1.165) is 0 Å². The van der Waals surface area contributed by atoms with Crippen molar-refractivity contribution in [3.8, 4) is 0 Å². The number of hydrogen-bond acceptors (Lipinski definition) is 30. The normalized spacial score (nSPS) is 11.6. The average Bonchev–Trinajstić information content (AvgIpc) is 3.32. The number of carbonyl (C=O) groups excluding carboxylic acids is 5. The number of carboxylic acids is 20. The molecule has 5 atom stereocenters. The van der Waals surface area contributed by atoms with Crippen LogP contribution in [-0.2, 0) is 113 Å². The first-order valence-electron chi connectivity index (χ1n) is 22.0. The number of carbonyl (C=O) groups is 20. The van der Waals surface area contributed by atoms with Crippen molar-refractivity contribution in [2.45, 2.75) is 125 Å². The van der Waals surface area contributed by atoms with Crippen LogP contribution in [0.25, 0.3) is 0 Å². The van der Waals surface area contributed by atoms with E-state index in [1.54, 1.807) is 26.6 Å². The van der Waals surface area contributed by atoms with Crippen LogP contribution in [0.15, 0.2) is 0 Å². The van der Waals surface area contributed by atoms with E-state index < -0.39 is 244 Å². The molecule has 0 spiro atoms. The monoisotopic (exact) mass is 1330 g/mol. The van der Waals surface area contributed by atoms with Crippen LogP contribution in [0.5, 0.6) is 0 Å². The summed E-state index contributed by atoms with van der Waals surface area (Å²) in [6.45, 7) is 0. The SMILES string of the molecule is O=C(O)CC[C@H](NC(C(=O)O)C(=O)O)C(=O)[O-].O=C(O)CC[C@H](NC(C(=O)O)C(=O)O)C(=O)[O-].O=C(O)CC[C@H](NC(C(=O)O)C(=O)O)C(=O)[O-].O=C(O)CC[C@H](NC(C(=O)O)C(=O)O)C(=O)[O-].O=C(O)CC[C@H](NC(C(=O)O)C(=O)O)C(=O)[O-].[Fe+3].[NH4+].[NH4+]. The molecule has 1 radical (unpaired) electrons. The van der Waals surface area contributed by atoms with Crippen molar-refractivity contribution in [3.63, 3.8) is 0 Å². The number of aliphatic carboxylic acids is 20. The summed E-state index contributed by atoms with van der Waals surface area (Å²) in [5, 5.41) is 188. The fourth-order valence-electron chi connectivity index (χ4n) is 4.93. The van der Waals surface area contributed by atoms with Crippen molar-refractivity contribution >= 4 is 119 Å². The van der Waals surface area contributed by atoms with Crippen molar-refractivity contribution in [2.24, 2.45) is 0 Å². The van der Waals surface area contributed by atoms with Gasteiger partial charge in [-0.15, -0.1) is 0 Å². The molecule has 0 aliphatic rings. The molecule has 0 bridgehead atoms. The van der Waals surface area contributed by atoms with Gasteiger partial charge in [-0.1, -0.05) is 0 Å². The van der Waals surface area contributed by atoms with Gasteiger partial charge in [0.05, 0.1) is 29.8 Å². The summed E-state index contributed by atoms with van der Waals surface area (Å²) in [6, 6.07) is -19.0. The molecule has 0 aromatic rings. The average molecular weight is 1330 g/mol. The Balaban J connectivity index is -0.000000150. The Bertz CT molecular complexity index is 2020. The molecule has 28 N–H and O–H groups in total. The van der Waals surface area contributed by atoms with Crippen molar-refractivity contribution in [1.29, 1.82) is 0 Å². The zero-order chi connectivity index (χ0) is 67.9. The van der Waals surface area contributed by atoms with E-state index in [1.165, 1.54) is 0 Å². The third-order valence-corrected chi connectivity index (χ3v) is 8.97. The maximum atomic E-state index is 10.5. The van der Waals surface area contributed by atoms with Gasteiger partial charge < -0.3 is 138 Å². The number of rotatable bonds is 40. The molecular weight excluding hydrogens is 1270 g/mol. The van der Waals surface area contributed by atoms with E-state index >= 15 is 0 Å². The fourth-order valence-corrected chi connectivity index (χ4v) is 4.93. The standard InChI is InChI=1S/5C8H11NO8.Fe.2H3N/c5*10-4(11)2-1-3(6(12)13)9-5(7(14)15)8(16)17;;;/h5*3,5,9H,1-2H2,(H,10,11)(H,12,13)(H,14,15)(H,16,17);;2*1H3/q;;;;;+3;;/p-3/t5*3-;;;/m00000.../s1. The molecule has 0 heterocycles. The molecule has 0 saturated heterocycles. The Hall–Kier alpha value is -10.4. The van der Waals surface area contributed by atoms with Crippen LogP contribution >= 0.6 is 0 Å². The Morgan fingerprint density at radius 3 is 0.375 bits per heavy atom. The summed E-state index contributed by atoms with van der Waals surface area (Å²) in [5.41, 5.74) is 0. The van der Waals surface area contributed by atoms with Gasteiger partial charge in [-0.3, -0.25) is 50.6 Å². The second-order valence-corrected chi connectivity index (χ2v) is 15.4. The minimum Gasteiger partial charge on any atom is -0.548 e. The summed E-state index contributed by atoms with van der Waals surface area (Å²) >= 11 is 0. The number of nitrogens with one attached hydrogen (secondary N) is 5. The Morgan fingerprint density at radius 2 is 0.318 bits per heavy atom. The van der Waals surface area contributed by atoms with Gasteiger partial charge in [-0.25, -0.2) is 47.9 Å². The molecule has 0 aromatic heterocycles. The molecule has 0 aromatic carbocycles. The zero-order valence-electron chi connectivity index (χ0n) is 44.6. The van der Waals surface area contributed by atoms with Crippen molar-refractivity contribution in [3.05, 3.63) is 0 Å². The van der Waals surface area contributed by atoms with Gasteiger partial charge in [0.25, 0.3) is 0 Å². The van der Waals surface area contributed by atoms with Crippen LogP contribution < -0.4 is 64.4 Å². The molecule has 0 amide bonds. The number of carboxylic acid groups (broad SMARTS) is 20. The zero-order valence-corrected chi connectivity index (χ0v) is 45.7. The smallest absolute Gasteiger partial charge is 0.548 e. The van der Waals surface area contributed by atoms with Gasteiger partial charge >= 0.3 is 107 Å². The summed E-state index contributed by atoms with van der Waals surface area (Å²) in [6.07, 6.45) is -5.18. The second-order valence-electron chi connectivity index (χ2n) is 15.4. The van der Waals surface area contributed by atoms with E-state index in [4.69, 9.17) is 76.6 Å². The Labute approximate surface area is 497 Å². The maximum absolute atomic E-state index is 10.5. The Morgan fingerprint density at radius 1 is 0.227 bits per heavy atom. The molecule has 48 heteroatoms. The molecular formula is C40H58FeN7O40. The van der Waals surface area contributed by atoms with Gasteiger partial charge in [0.15, 0.2) is 0 Å². The van der Waals surface area contributed by atoms with Gasteiger partial charge in [0, 0.05) is 62.3 Å². The van der Waals surface area contributed by atoms with Crippen LogP contribution in [0.1, 0.15) is 64.2 Å². The van der Waals surface area contributed by atoms with Crippen molar-refractivity contribution < 1.29 is 215 Å². The van der Waals surface area contributed by atoms with Crippen molar-refractivity contribution in [1.82, 2.24) is 38.9 Å². The summed E-state index contributed by atoms with van der Waals surface area (Å²) in [7, 11) is 0. The predicted octanol–water partition coefficient (Wildman–Crippen LogP) is -13.8. The van der Waals surface area contributed by atoms with E-state index in [1.807, 2.05) is 0 Å². The maximum Gasteiger partial charge on any atom is 3.00 e. The van der Waals surface area contributed by atoms with E-state index in [2.05, 4.69) is 0 Å². The third kappa shape index (κ3) is 47.0. The van der Waals surface area contributed by atoms with Crippen LogP contribution in [0.3, 0.4) is 0 Å². The van der Waals surface area contributed by atoms with E-state index in [0.29, 0.717) is 0 Å². The molecule has 0 aliphatic heterocycles. The molecule has 0 aliphatic carbocycles. The largest absolute Gasteiger partial charge is 3.00 e. The summed E-state index contributed by atoms with van der Waals surface area (Å²) in [4.78, 5) is 208. The minimum absolute atomic E-state index is 0. The van der Waals surface area contributed by atoms with E-state index in [-0.39, 0.29) is 29.4 Å². The molecule has 0 saturated carbocycles. The van der Waals surface area contributed by atoms with Crippen LogP contribution in [0.4, 0.5) is 0 Å². The van der Waals surface area contributed by atoms with Gasteiger partial charge in [0.2, 0.25) is 30.2 Å². The van der Waals surface area contributed by atoms with Crippen LogP contribution in [-0.4, -0.2) is 256 Å². The number of hydrogen-bond donors (Lipinski definition) is 22. The molecule has 501 valence electrons. The quantitative estimate of drug-likeness (QED) is 0.0200. The Kier molecular flexibility index (Phi) is 52.3. The van der Waals surface area contributed by atoms with Crippen molar-refractivity contribution in [2.75, 3.05) is 0 Å². The van der Waals surface area contributed by atoms with Crippen LogP contribution in [0, 0.1) is 0 Å². The molecule has 0 fully saturated rings. The summed E-state index contributed by atoms with van der Waals surface area (Å²) < 4.78 is 0. The first kappa shape index (κ1) is 94.0. The molecule has 0 rings (SSSR count).